The van der Waals surface area contributed by atoms with Crippen LogP contribution < -0.4 is 0 Å². The zero-order chi connectivity index (χ0) is 12.8. The molecule has 0 atom stereocenters. The van der Waals surface area contributed by atoms with Crippen molar-refractivity contribution < 1.29 is 0 Å². The van der Waals surface area contributed by atoms with Crippen LogP contribution in [0.2, 0.25) is 0 Å². The molecule has 4 rings (SSSR count). The number of para-hydroxylation sites is 1. The lowest BCUT2D eigenvalue weighted by molar-refractivity contribution is 0.953. The van der Waals surface area contributed by atoms with Crippen molar-refractivity contribution in [1.82, 2.24) is 19.5 Å². The van der Waals surface area contributed by atoms with E-state index in [2.05, 4.69) is 37.7 Å². The maximum atomic E-state index is 4.65. The number of pyridine rings is 1. The molecular formula is C15H13ClN4. The molecule has 1 N–H and O–H groups in total. The molecule has 4 nitrogen and oxygen atoms in total. The zero-order valence-electron chi connectivity index (χ0n) is 10.9. The lowest BCUT2D eigenvalue weighted by Crippen LogP contribution is -1.92. The number of fused-ring (bicyclic) bond motifs is 2. The van der Waals surface area contributed by atoms with Crippen LogP contribution in [0, 0.1) is 0 Å². The van der Waals surface area contributed by atoms with Crippen LogP contribution in [0.5, 0.6) is 0 Å². The van der Waals surface area contributed by atoms with Crippen molar-refractivity contribution in [2.45, 2.75) is 0 Å². The van der Waals surface area contributed by atoms with Crippen LogP contribution in [0.25, 0.3) is 33.5 Å². The largest absolute Gasteiger partial charge is 0.352 e. The van der Waals surface area contributed by atoms with Gasteiger partial charge in [-0.25, -0.2) is 4.98 Å². The second-order valence-electron chi connectivity index (χ2n) is 4.63. The molecule has 0 saturated heterocycles. The normalized spacial score (nSPS) is 10.8. The van der Waals surface area contributed by atoms with Crippen LogP contribution in [0.3, 0.4) is 0 Å². The summed E-state index contributed by atoms with van der Waals surface area (Å²) in [6.45, 7) is 0. The molecule has 0 aliphatic rings. The lowest BCUT2D eigenvalue weighted by Gasteiger charge is -1.98. The maximum absolute atomic E-state index is 4.65. The van der Waals surface area contributed by atoms with Crippen LogP contribution in [-0.2, 0) is 7.05 Å². The predicted molar refractivity (Wildman–Crippen MR) is 83.0 cm³/mol. The number of aromatic nitrogens is 4. The number of nitrogens with one attached hydrogen (secondary N) is 1. The van der Waals surface area contributed by atoms with E-state index >= 15 is 0 Å². The second-order valence-corrected chi connectivity index (χ2v) is 4.63. The fourth-order valence-corrected chi connectivity index (χ4v) is 2.49. The van der Waals surface area contributed by atoms with Gasteiger partial charge in [-0.05, 0) is 18.2 Å². The van der Waals surface area contributed by atoms with Crippen molar-refractivity contribution in [1.29, 1.82) is 0 Å². The Morgan fingerprint density at radius 2 is 2.00 bits per heavy atom. The lowest BCUT2D eigenvalue weighted by atomic mass is 10.2. The van der Waals surface area contributed by atoms with Crippen molar-refractivity contribution in [2.75, 3.05) is 0 Å². The Hall–Kier alpha value is -2.33. The smallest absolute Gasteiger partial charge is 0.157 e. The van der Waals surface area contributed by atoms with Crippen LogP contribution in [0.1, 0.15) is 0 Å². The molecule has 0 fully saturated rings. The highest BCUT2D eigenvalue weighted by Gasteiger charge is 2.11. The minimum Gasteiger partial charge on any atom is -0.352 e. The van der Waals surface area contributed by atoms with Gasteiger partial charge in [0.25, 0.3) is 0 Å². The number of rotatable bonds is 1. The van der Waals surface area contributed by atoms with Crippen molar-refractivity contribution in [2.24, 2.45) is 7.05 Å². The minimum absolute atomic E-state index is 0. The molecule has 0 spiro atoms. The predicted octanol–water partition coefficient (Wildman–Crippen LogP) is 3.54. The third-order valence-electron chi connectivity index (χ3n) is 3.45. The van der Waals surface area contributed by atoms with Gasteiger partial charge in [-0.3, -0.25) is 4.98 Å². The van der Waals surface area contributed by atoms with Gasteiger partial charge < -0.3 is 9.55 Å². The van der Waals surface area contributed by atoms with E-state index in [0.717, 1.165) is 28.1 Å². The summed E-state index contributed by atoms with van der Waals surface area (Å²) in [6.07, 6.45) is 3.58. The Balaban J connectivity index is 0.00000121. The number of halogens is 1. The summed E-state index contributed by atoms with van der Waals surface area (Å²) in [7, 11) is 2.02. The summed E-state index contributed by atoms with van der Waals surface area (Å²) < 4.78 is 2.09. The first kappa shape index (κ1) is 12.7. The molecule has 3 heterocycles. The number of benzene rings is 1. The average molecular weight is 285 g/mol. The summed E-state index contributed by atoms with van der Waals surface area (Å²) in [6, 6.07) is 12.3. The van der Waals surface area contributed by atoms with E-state index in [4.69, 9.17) is 0 Å². The van der Waals surface area contributed by atoms with Crippen LogP contribution in [-0.4, -0.2) is 19.5 Å². The van der Waals surface area contributed by atoms with Crippen molar-refractivity contribution >= 4 is 34.3 Å². The Labute approximate surface area is 121 Å². The Bertz CT molecular complexity index is 858. The van der Waals surface area contributed by atoms with Gasteiger partial charge in [0.1, 0.15) is 5.52 Å². The van der Waals surface area contributed by atoms with E-state index in [-0.39, 0.29) is 12.4 Å². The van der Waals surface area contributed by atoms with Gasteiger partial charge in [-0.1, -0.05) is 18.2 Å². The average Bonchev–Trinajstić information content (AvgIpc) is 3.00. The summed E-state index contributed by atoms with van der Waals surface area (Å²) in [5.74, 6) is 0.930. The van der Waals surface area contributed by atoms with Crippen LogP contribution >= 0.6 is 12.4 Å². The highest BCUT2D eigenvalue weighted by Crippen LogP contribution is 2.25. The molecule has 3 aromatic heterocycles. The van der Waals surface area contributed by atoms with Crippen LogP contribution in [0.15, 0.2) is 48.8 Å². The molecule has 0 amide bonds. The Morgan fingerprint density at radius 1 is 1.15 bits per heavy atom. The number of H-pyrrole nitrogens is 1. The molecule has 20 heavy (non-hydrogen) atoms. The van der Waals surface area contributed by atoms with Crippen molar-refractivity contribution in [3.05, 3.63) is 48.8 Å². The number of imidazole rings is 1. The quantitative estimate of drug-likeness (QED) is 0.581. The monoisotopic (exact) mass is 284 g/mol. The van der Waals surface area contributed by atoms with Gasteiger partial charge in [-0.2, -0.15) is 0 Å². The van der Waals surface area contributed by atoms with E-state index in [1.54, 1.807) is 12.4 Å². The molecule has 0 saturated carbocycles. The standard InChI is InChI=1S/C15H12N4.ClH/c1-19-14-6-7-16-9-13(14)18-15(19)12-8-10-4-2-3-5-11(10)17-12;/h2-9,17H,1H3;1H. The highest BCUT2D eigenvalue weighted by molar-refractivity contribution is 5.87. The second kappa shape index (κ2) is 4.65. The fourth-order valence-electron chi connectivity index (χ4n) is 2.49. The molecule has 0 unspecified atom stereocenters. The van der Waals surface area contributed by atoms with E-state index in [1.807, 2.05) is 25.2 Å². The molecule has 0 aliphatic carbocycles. The molecule has 4 aromatic rings. The van der Waals surface area contributed by atoms with Gasteiger partial charge in [0.2, 0.25) is 0 Å². The van der Waals surface area contributed by atoms with Crippen molar-refractivity contribution in [3.63, 3.8) is 0 Å². The molecule has 0 bridgehead atoms. The number of aryl methyl sites for hydroxylation is 1. The minimum atomic E-state index is 0. The van der Waals surface area contributed by atoms with Gasteiger partial charge in [0.05, 0.1) is 17.4 Å². The van der Waals surface area contributed by atoms with E-state index in [1.165, 1.54) is 5.39 Å². The number of hydrogen-bond acceptors (Lipinski definition) is 2. The van der Waals surface area contributed by atoms with E-state index in [0.29, 0.717) is 0 Å². The maximum Gasteiger partial charge on any atom is 0.157 e. The SMILES string of the molecule is Cl.Cn1c(-c2cc3ccccc3[nH]2)nc2cnccc21. The third kappa shape index (κ3) is 1.77. The van der Waals surface area contributed by atoms with Gasteiger partial charge in [-0.15, -0.1) is 12.4 Å². The number of hydrogen-bond donors (Lipinski definition) is 1. The Kier molecular flexibility index (Phi) is 2.95. The summed E-state index contributed by atoms with van der Waals surface area (Å²) >= 11 is 0. The fraction of sp³-hybridized carbons (Fsp3) is 0.0667. The third-order valence-corrected chi connectivity index (χ3v) is 3.45. The first-order chi connectivity index (χ1) is 9.33. The van der Waals surface area contributed by atoms with Gasteiger partial charge in [0, 0.05) is 24.1 Å². The number of aromatic amines is 1. The molecule has 5 heteroatoms. The first-order valence-corrected chi connectivity index (χ1v) is 6.17. The highest BCUT2D eigenvalue weighted by atomic mass is 35.5. The summed E-state index contributed by atoms with van der Waals surface area (Å²) in [4.78, 5) is 12.2. The van der Waals surface area contributed by atoms with E-state index in [9.17, 15) is 0 Å². The first-order valence-electron chi connectivity index (χ1n) is 6.17. The molecular weight excluding hydrogens is 272 g/mol. The molecule has 1 aromatic carbocycles. The molecule has 100 valence electrons. The number of nitrogens with zero attached hydrogens (tertiary/aromatic N) is 3. The van der Waals surface area contributed by atoms with Crippen molar-refractivity contribution in [3.8, 4) is 11.5 Å². The van der Waals surface area contributed by atoms with Gasteiger partial charge in [0.15, 0.2) is 5.82 Å². The molecule has 0 radical (unpaired) electrons. The van der Waals surface area contributed by atoms with E-state index < -0.39 is 0 Å². The Morgan fingerprint density at radius 3 is 2.80 bits per heavy atom. The summed E-state index contributed by atoms with van der Waals surface area (Å²) in [5.41, 5.74) is 4.16. The topological polar surface area (TPSA) is 46.5 Å². The molecule has 0 aliphatic heterocycles. The van der Waals surface area contributed by atoms with Crippen LogP contribution in [0.4, 0.5) is 0 Å². The van der Waals surface area contributed by atoms with Gasteiger partial charge >= 0.3 is 0 Å². The zero-order valence-corrected chi connectivity index (χ0v) is 11.7. The summed E-state index contributed by atoms with van der Waals surface area (Å²) in [5, 5.41) is 1.20.